The summed E-state index contributed by atoms with van der Waals surface area (Å²) in [6.07, 6.45) is 1.96. The first-order chi connectivity index (χ1) is 13.2. The fraction of sp³-hybridized carbons (Fsp3) is 0.250. The third-order valence-electron chi connectivity index (χ3n) is 4.07. The van der Waals surface area contributed by atoms with Gasteiger partial charge in [0.2, 0.25) is 0 Å². The Labute approximate surface area is 162 Å². The maximum absolute atomic E-state index is 12.3. The predicted octanol–water partition coefficient (Wildman–Crippen LogP) is 3.92. The van der Waals surface area contributed by atoms with Gasteiger partial charge < -0.3 is 5.32 Å². The van der Waals surface area contributed by atoms with Gasteiger partial charge in [0.05, 0.1) is 0 Å². The zero-order valence-corrected chi connectivity index (χ0v) is 16.0. The van der Waals surface area contributed by atoms with Gasteiger partial charge in [-0.05, 0) is 36.2 Å². The van der Waals surface area contributed by atoms with Crippen LogP contribution in [0.15, 0.2) is 64.5 Å². The van der Waals surface area contributed by atoms with Gasteiger partial charge in [-0.3, -0.25) is 9.36 Å². The molecule has 0 aliphatic rings. The molecule has 0 unspecified atom stereocenters. The molecule has 0 saturated heterocycles. The molecule has 3 rings (SSSR count). The second-order valence-electron chi connectivity index (χ2n) is 6.12. The van der Waals surface area contributed by atoms with Crippen molar-refractivity contribution in [2.24, 2.45) is 0 Å². The molecule has 2 N–H and O–H groups in total. The molecule has 0 saturated carbocycles. The lowest BCUT2D eigenvalue weighted by Gasteiger charge is -2.07. The number of unbranched alkanes of at least 4 members (excludes halogenated alkanes) is 1. The first-order valence-corrected chi connectivity index (χ1v) is 9.89. The summed E-state index contributed by atoms with van der Waals surface area (Å²) in [5.74, 6) is 0.540. The number of aromatic amines is 1. The molecule has 1 heterocycles. The lowest BCUT2D eigenvalue weighted by atomic mass is 10.1. The molecule has 0 aliphatic carbocycles. The van der Waals surface area contributed by atoms with Crippen molar-refractivity contribution in [3.63, 3.8) is 0 Å². The molecule has 2 aromatic carbocycles. The molecule has 0 fully saturated rings. The van der Waals surface area contributed by atoms with Gasteiger partial charge in [0.1, 0.15) is 0 Å². The Kier molecular flexibility index (Phi) is 6.49. The molecule has 27 heavy (non-hydrogen) atoms. The van der Waals surface area contributed by atoms with E-state index in [1.807, 2.05) is 54.6 Å². The number of carbonyl (C=O) groups excluding carboxylic acids is 1. The SMILES string of the molecule is CCCCn1c(SCc2ccc(C(=O)Nc3ccccc3)cc2)n[nH]c1=O. The maximum Gasteiger partial charge on any atom is 0.343 e. The van der Waals surface area contributed by atoms with Gasteiger partial charge in [-0.15, -0.1) is 5.10 Å². The van der Waals surface area contributed by atoms with E-state index in [2.05, 4.69) is 22.4 Å². The normalized spacial score (nSPS) is 10.7. The molecule has 140 valence electrons. The average molecular weight is 382 g/mol. The molecule has 6 nitrogen and oxygen atoms in total. The zero-order valence-electron chi connectivity index (χ0n) is 15.1. The van der Waals surface area contributed by atoms with E-state index in [1.54, 1.807) is 4.57 Å². The molecular formula is C20H22N4O2S. The minimum Gasteiger partial charge on any atom is -0.322 e. The zero-order chi connectivity index (χ0) is 19.1. The lowest BCUT2D eigenvalue weighted by molar-refractivity contribution is 0.102. The van der Waals surface area contributed by atoms with Crippen LogP contribution >= 0.6 is 11.8 Å². The summed E-state index contributed by atoms with van der Waals surface area (Å²) in [5, 5.41) is 10.2. The van der Waals surface area contributed by atoms with E-state index >= 15 is 0 Å². The van der Waals surface area contributed by atoms with Crippen LogP contribution in [0.25, 0.3) is 0 Å². The topological polar surface area (TPSA) is 79.8 Å². The van der Waals surface area contributed by atoms with E-state index < -0.39 is 0 Å². The van der Waals surface area contributed by atoms with Crippen molar-refractivity contribution in [3.05, 3.63) is 76.2 Å². The molecule has 1 amide bonds. The van der Waals surface area contributed by atoms with E-state index in [4.69, 9.17) is 0 Å². The Morgan fingerprint density at radius 3 is 2.59 bits per heavy atom. The summed E-state index contributed by atoms with van der Waals surface area (Å²) < 4.78 is 1.68. The van der Waals surface area contributed by atoms with Crippen molar-refractivity contribution < 1.29 is 4.79 Å². The summed E-state index contributed by atoms with van der Waals surface area (Å²) in [7, 11) is 0. The standard InChI is InChI=1S/C20H22N4O2S/c1-2-3-13-24-19(26)22-23-20(24)27-14-15-9-11-16(12-10-15)18(25)21-17-7-5-4-6-8-17/h4-12H,2-3,13-14H2,1H3,(H,21,25)(H,22,26). The van der Waals surface area contributed by atoms with Gasteiger partial charge in [-0.2, -0.15) is 0 Å². The van der Waals surface area contributed by atoms with E-state index in [-0.39, 0.29) is 11.6 Å². The summed E-state index contributed by atoms with van der Waals surface area (Å²) in [6, 6.07) is 16.8. The van der Waals surface area contributed by atoms with Crippen molar-refractivity contribution in [2.75, 3.05) is 5.32 Å². The lowest BCUT2D eigenvalue weighted by Crippen LogP contribution is -2.17. The highest BCUT2D eigenvalue weighted by atomic mass is 32.2. The minimum atomic E-state index is -0.168. The molecule has 3 aromatic rings. The van der Waals surface area contributed by atoms with Gasteiger partial charge >= 0.3 is 5.69 Å². The monoisotopic (exact) mass is 382 g/mol. The fourth-order valence-electron chi connectivity index (χ4n) is 2.55. The van der Waals surface area contributed by atoms with Crippen LogP contribution in [0.5, 0.6) is 0 Å². The van der Waals surface area contributed by atoms with Crippen molar-refractivity contribution >= 4 is 23.4 Å². The molecule has 0 spiro atoms. The average Bonchev–Trinajstić information content (AvgIpc) is 3.05. The van der Waals surface area contributed by atoms with E-state index in [0.717, 1.165) is 24.1 Å². The Morgan fingerprint density at radius 1 is 1.15 bits per heavy atom. The van der Waals surface area contributed by atoms with E-state index in [0.29, 0.717) is 23.0 Å². The van der Waals surface area contributed by atoms with Crippen molar-refractivity contribution in [3.8, 4) is 0 Å². The molecular weight excluding hydrogens is 360 g/mol. The van der Waals surface area contributed by atoms with Crippen LogP contribution in [-0.4, -0.2) is 20.7 Å². The number of nitrogens with zero attached hydrogens (tertiary/aromatic N) is 2. The molecule has 1 aromatic heterocycles. The molecule has 0 bridgehead atoms. The summed E-state index contributed by atoms with van der Waals surface area (Å²) in [5.41, 5.74) is 2.27. The smallest absolute Gasteiger partial charge is 0.322 e. The highest BCUT2D eigenvalue weighted by molar-refractivity contribution is 7.98. The summed E-state index contributed by atoms with van der Waals surface area (Å²) in [6.45, 7) is 2.76. The van der Waals surface area contributed by atoms with E-state index in [9.17, 15) is 9.59 Å². The number of nitrogens with one attached hydrogen (secondary N) is 2. The summed E-state index contributed by atoms with van der Waals surface area (Å²) >= 11 is 1.51. The number of thioether (sulfide) groups is 1. The highest BCUT2D eigenvalue weighted by Crippen LogP contribution is 2.20. The van der Waals surface area contributed by atoms with Crippen molar-refractivity contribution in [1.82, 2.24) is 14.8 Å². The van der Waals surface area contributed by atoms with Gasteiger partial charge in [0.15, 0.2) is 5.16 Å². The van der Waals surface area contributed by atoms with Crippen LogP contribution in [0.1, 0.15) is 35.7 Å². The Bertz CT molecular complexity index is 933. The third kappa shape index (κ3) is 5.10. The van der Waals surface area contributed by atoms with Crippen LogP contribution in [0.4, 0.5) is 5.69 Å². The number of para-hydroxylation sites is 1. The van der Waals surface area contributed by atoms with Crippen LogP contribution in [-0.2, 0) is 12.3 Å². The number of H-pyrrole nitrogens is 1. The number of aromatic nitrogens is 3. The van der Waals surface area contributed by atoms with E-state index in [1.165, 1.54) is 11.8 Å². The number of hydrogen-bond acceptors (Lipinski definition) is 4. The van der Waals surface area contributed by atoms with Crippen LogP contribution in [0.3, 0.4) is 0 Å². The number of hydrogen-bond donors (Lipinski definition) is 2. The number of carbonyl (C=O) groups is 1. The number of anilines is 1. The first kappa shape index (κ1) is 19.0. The molecule has 7 heteroatoms. The van der Waals surface area contributed by atoms with Gasteiger partial charge in [-0.25, -0.2) is 9.89 Å². The third-order valence-corrected chi connectivity index (χ3v) is 5.12. The highest BCUT2D eigenvalue weighted by Gasteiger charge is 2.10. The molecule has 0 radical (unpaired) electrons. The fourth-order valence-corrected chi connectivity index (χ4v) is 3.48. The van der Waals surface area contributed by atoms with Gasteiger partial charge in [0, 0.05) is 23.5 Å². The second kappa shape index (κ2) is 9.23. The first-order valence-electron chi connectivity index (χ1n) is 8.90. The molecule has 0 aliphatic heterocycles. The minimum absolute atomic E-state index is 0.138. The maximum atomic E-state index is 12.3. The Morgan fingerprint density at radius 2 is 1.89 bits per heavy atom. The Hall–Kier alpha value is -2.80. The van der Waals surface area contributed by atoms with Crippen LogP contribution < -0.4 is 11.0 Å². The largest absolute Gasteiger partial charge is 0.343 e. The van der Waals surface area contributed by atoms with Crippen molar-refractivity contribution in [1.29, 1.82) is 0 Å². The number of benzene rings is 2. The van der Waals surface area contributed by atoms with Gasteiger partial charge in [-0.1, -0.05) is 55.4 Å². The number of amides is 1. The molecule has 0 atom stereocenters. The van der Waals surface area contributed by atoms with Crippen LogP contribution in [0, 0.1) is 0 Å². The Balaban J connectivity index is 1.60. The summed E-state index contributed by atoms with van der Waals surface area (Å²) in [4.78, 5) is 24.1. The van der Waals surface area contributed by atoms with Crippen molar-refractivity contribution in [2.45, 2.75) is 37.2 Å². The second-order valence-corrected chi connectivity index (χ2v) is 7.06. The quantitative estimate of drug-likeness (QED) is 0.579. The van der Waals surface area contributed by atoms with Crippen LogP contribution in [0.2, 0.25) is 0 Å². The predicted molar refractivity (Wildman–Crippen MR) is 108 cm³/mol. The van der Waals surface area contributed by atoms with Gasteiger partial charge in [0.25, 0.3) is 5.91 Å². The number of rotatable bonds is 8.